The molecule has 0 fully saturated rings. The lowest BCUT2D eigenvalue weighted by atomic mass is 10.1. The lowest BCUT2D eigenvalue weighted by Gasteiger charge is -2.11. The molecule has 0 amide bonds. The molecule has 0 aliphatic heterocycles. The van der Waals surface area contributed by atoms with E-state index in [4.69, 9.17) is 9.15 Å². The third-order valence-corrected chi connectivity index (χ3v) is 4.37. The standard InChI is InChI=1S/C19H15N3O5/c1-26-11-4-5-14-13(9-11)19(23)17-15(20-10-12-3-2-8-27-12)6-7-16(22(24)25)18(17)21-14/h2-9,20H,10H2,1H3,(H,21,23). The molecule has 136 valence electrons. The number of methoxy groups -OCH3 is 1. The van der Waals surface area contributed by atoms with Crippen molar-refractivity contribution in [3.63, 3.8) is 0 Å². The van der Waals surface area contributed by atoms with Gasteiger partial charge >= 0.3 is 0 Å². The molecular weight excluding hydrogens is 350 g/mol. The van der Waals surface area contributed by atoms with Gasteiger partial charge in [0, 0.05) is 17.1 Å². The summed E-state index contributed by atoms with van der Waals surface area (Å²) in [6.07, 6.45) is 1.55. The molecule has 2 heterocycles. The topological polar surface area (TPSA) is 110 Å². The van der Waals surface area contributed by atoms with Gasteiger partial charge in [-0.2, -0.15) is 0 Å². The van der Waals surface area contributed by atoms with Crippen LogP contribution in [0.15, 0.2) is 57.9 Å². The summed E-state index contributed by atoms with van der Waals surface area (Å²) in [6.45, 7) is 0.343. The molecule has 2 aromatic heterocycles. The predicted octanol–water partition coefficient (Wildman–Crippen LogP) is 3.80. The molecule has 0 radical (unpaired) electrons. The van der Waals surface area contributed by atoms with Gasteiger partial charge in [-0.05, 0) is 36.4 Å². The van der Waals surface area contributed by atoms with E-state index >= 15 is 0 Å². The van der Waals surface area contributed by atoms with Gasteiger partial charge in [-0.15, -0.1) is 0 Å². The van der Waals surface area contributed by atoms with Crippen molar-refractivity contribution in [1.82, 2.24) is 4.98 Å². The highest BCUT2D eigenvalue weighted by Crippen LogP contribution is 2.30. The number of ether oxygens (including phenoxy) is 1. The Bertz CT molecular complexity index is 1210. The first-order valence-electron chi connectivity index (χ1n) is 8.16. The maximum Gasteiger partial charge on any atom is 0.293 e. The summed E-state index contributed by atoms with van der Waals surface area (Å²) in [5.74, 6) is 1.21. The fourth-order valence-electron chi connectivity index (χ4n) is 3.07. The first kappa shape index (κ1) is 16.6. The zero-order valence-corrected chi connectivity index (χ0v) is 14.3. The Hall–Kier alpha value is -3.81. The summed E-state index contributed by atoms with van der Waals surface area (Å²) < 4.78 is 10.5. The molecule has 2 aromatic carbocycles. The zero-order valence-electron chi connectivity index (χ0n) is 14.3. The number of fused-ring (bicyclic) bond motifs is 2. The molecule has 0 saturated carbocycles. The van der Waals surface area contributed by atoms with Gasteiger partial charge in [-0.1, -0.05) is 0 Å². The van der Waals surface area contributed by atoms with Crippen LogP contribution in [-0.4, -0.2) is 17.0 Å². The van der Waals surface area contributed by atoms with Gasteiger partial charge in [0.15, 0.2) is 5.43 Å². The summed E-state index contributed by atoms with van der Waals surface area (Å²) in [6, 6.07) is 11.4. The number of nitrogens with zero attached hydrogens (tertiary/aromatic N) is 1. The fourth-order valence-corrected chi connectivity index (χ4v) is 3.07. The van der Waals surface area contributed by atoms with Gasteiger partial charge in [0.1, 0.15) is 17.0 Å². The fraction of sp³-hybridized carbons (Fsp3) is 0.105. The van der Waals surface area contributed by atoms with Crippen molar-refractivity contribution < 1.29 is 14.1 Å². The van der Waals surface area contributed by atoms with Crippen molar-refractivity contribution in [2.24, 2.45) is 0 Å². The highest BCUT2D eigenvalue weighted by atomic mass is 16.6. The van der Waals surface area contributed by atoms with Crippen LogP contribution in [0.2, 0.25) is 0 Å². The van der Waals surface area contributed by atoms with Crippen molar-refractivity contribution in [2.75, 3.05) is 12.4 Å². The SMILES string of the molecule is COc1ccc2[nH]c3c([N+](=O)[O-])ccc(NCc4ccco4)c3c(=O)c2c1. The minimum Gasteiger partial charge on any atom is -0.497 e. The largest absolute Gasteiger partial charge is 0.497 e. The molecule has 2 N–H and O–H groups in total. The normalized spacial score (nSPS) is 11.0. The summed E-state index contributed by atoms with van der Waals surface area (Å²) in [4.78, 5) is 27.1. The molecule has 4 rings (SSSR count). The number of hydrogen-bond acceptors (Lipinski definition) is 6. The third-order valence-electron chi connectivity index (χ3n) is 4.37. The van der Waals surface area contributed by atoms with E-state index in [1.54, 1.807) is 36.6 Å². The van der Waals surface area contributed by atoms with Crippen molar-refractivity contribution in [1.29, 1.82) is 0 Å². The molecule has 4 aromatic rings. The number of nitro benzene ring substituents is 1. The Morgan fingerprint density at radius 2 is 2.11 bits per heavy atom. The van der Waals surface area contributed by atoms with E-state index in [1.165, 1.54) is 19.2 Å². The smallest absolute Gasteiger partial charge is 0.293 e. The van der Waals surface area contributed by atoms with E-state index < -0.39 is 4.92 Å². The minimum absolute atomic E-state index is 0.164. The van der Waals surface area contributed by atoms with Crippen LogP contribution in [0.1, 0.15) is 5.76 Å². The Kier molecular flexibility index (Phi) is 4.00. The molecule has 0 aliphatic rings. The number of aromatic amines is 1. The molecule has 27 heavy (non-hydrogen) atoms. The number of benzene rings is 2. The van der Waals surface area contributed by atoms with Crippen molar-refractivity contribution in [2.45, 2.75) is 6.54 Å². The zero-order chi connectivity index (χ0) is 19.0. The number of nitrogens with one attached hydrogen (secondary N) is 2. The Morgan fingerprint density at radius 3 is 2.81 bits per heavy atom. The molecule has 0 unspecified atom stereocenters. The van der Waals surface area contributed by atoms with E-state index in [-0.39, 0.29) is 22.0 Å². The molecule has 8 nitrogen and oxygen atoms in total. The lowest BCUT2D eigenvalue weighted by molar-refractivity contribution is -0.383. The average molecular weight is 365 g/mol. The van der Waals surface area contributed by atoms with E-state index in [2.05, 4.69) is 10.3 Å². The Labute approximate surface area is 152 Å². The number of rotatable bonds is 5. The number of nitro groups is 1. The van der Waals surface area contributed by atoms with Gasteiger partial charge in [0.05, 0.1) is 35.7 Å². The minimum atomic E-state index is -0.510. The predicted molar refractivity (Wildman–Crippen MR) is 101 cm³/mol. The second-order valence-corrected chi connectivity index (χ2v) is 5.94. The maximum absolute atomic E-state index is 13.2. The molecular formula is C19H15N3O5. The summed E-state index contributed by atoms with van der Waals surface area (Å²) in [5, 5.41) is 15.2. The monoisotopic (exact) mass is 365 g/mol. The highest BCUT2D eigenvalue weighted by Gasteiger charge is 2.19. The van der Waals surface area contributed by atoms with E-state index in [1.807, 2.05) is 0 Å². The quantitative estimate of drug-likeness (QED) is 0.316. The van der Waals surface area contributed by atoms with Crippen LogP contribution in [0.4, 0.5) is 11.4 Å². The van der Waals surface area contributed by atoms with Gasteiger partial charge < -0.3 is 19.5 Å². The van der Waals surface area contributed by atoms with Crippen LogP contribution in [0, 0.1) is 10.1 Å². The van der Waals surface area contributed by atoms with Gasteiger partial charge in [0.25, 0.3) is 5.69 Å². The first-order chi connectivity index (χ1) is 13.1. The van der Waals surface area contributed by atoms with Crippen LogP contribution in [0.5, 0.6) is 5.75 Å². The van der Waals surface area contributed by atoms with Crippen LogP contribution in [-0.2, 0) is 6.54 Å². The first-order valence-corrected chi connectivity index (χ1v) is 8.16. The highest BCUT2D eigenvalue weighted by molar-refractivity contribution is 6.03. The number of aromatic nitrogens is 1. The van der Waals surface area contributed by atoms with Crippen LogP contribution >= 0.6 is 0 Å². The van der Waals surface area contributed by atoms with Crippen molar-refractivity contribution in [3.8, 4) is 5.75 Å². The molecule has 8 heteroatoms. The maximum atomic E-state index is 13.2. The van der Waals surface area contributed by atoms with Crippen molar-refractivity contribution in [3.05, 3.63) is 74.8 Å². The second-order valence-electron chi connectivity index (χ2n) is 5.94. The lowest BCUT2D eigenvalue weighted by Crippen LogP contribution is -2.10. The summed E-state index contributed by atoms with van der Waals surface area (Å²) >= 11 is 0. The average Bonchev–Trinajstić information content (AvgIpc) is 3.19. The van der Waals surface area contributed by atoms with E-state index in [0.29, 0.717) is 34.6 Å². The van der Waals surface area contributed by atoms with Crippen molar-refractivity contribution >= 4 is 33.2 Å². The molecule has 0 spiro atoms. The number of non-ortho nitro benzene ring substituents is 1. The Balaban J connectivity index is 1.97. The number of pyridine rings is 1. The van der Waals surface area contributed by atoms with Crippen LogP contribution in [0.3, 0.4) is 0 Å². The number of hydrogen-bond donors (Lipinski definition) is 2. The van der Waals surface area contributed by atoms with E-state index in [9.17, 15) is 14.9 Å². The molecule has 0 saturated heterocycles. The van der Waals surface area contributed by atoms with Gasteiger partial charge in [0.2, 0.25) is 0 Å². The van der Waals surface area contributed by atoms with Gasteiger partial charge in [-0.25, -0.2) is 0 Å². The summed E-state index contributed by atoms with van der Waals surface area (Å²) in [7, 11) is 1.51. The number of anilines is 1. The van der Waals surface area contributed by atoms with Gasteiger partial charge in [-0.3, -0.25) is 14.9 Å². The van der Waals surface area contributed by atoms with Crippen LogP contribution < -0.4 is 15.5 Å². The molecule has 0 atom stereocenters. The number of H-pyrrole nitrogens is 1. The Morgan fingerprint density at radius 1 is 1.26 bits per heavy atom. The van der Waals surface area contributed by atoms with Crippen LogP contribution in [0.25, 0.3) is 21.8 Å². The molecule has 0 aliphatic carbocycles. The second kappa shape index (κ2) is 6.49. The molecule has 0 bridgehead atoms. The summed E-state index contributed by atoms with van der Waals surface area (Å²) in [5.41, 5.74) is 0.677. The van der Waals surface area contributed by atoms with E-state index in [0.717, 1.165) is 0 Å². The number of furan rings is 1. The third kappa shape index (κ3) is 2.86.